The highest BCUT2D eigenvalue weighted by Crippen LogP contribution is 2.43. The maximum atomic E-state index is 12.7. The van der Waals surface area contributed by atoms with Crippen molar-refractivity contribution in [3.05, 3.63) is 48.6 Å². The van der Waals surface area contributed by atoms with Crippen LogP contribution in [0.4, 0.5) is 0 Å². The van der Waals surface area contributed by atoms with Crippen molar-refractivity contribution < 1.29 is 37.6 Å². The van der Waals surface area contributed by atoms with Gasteiger partial charge in [-0.3, -0.25) is 18.6 Å². The van der Waals surface area contributed by atoms with E-state index in [0.29, 0.717) is 6.42 Å². The molecule has 9 nitrogen and oxygen atoms in total. The second-order valence-corrected chi connectivity index (χ2v) is 23.4. The summed E-state index contributed by atoms with van der Waals surface area (Å²) in [6.07, 6.45) is 78.0. The number of rotatable bonds is 62. The monoisotopic (exact) mass is 1090 g/mol. The molecule has 0 aromatic carbocycles. The van der Waals surface area contributed by atoms with Gasteiger partial charge in [-0.1, -0.05) is 313 Å². The molecule has 0 fully saturated rings. The molecule has 2 atom stereocenters. The zero-order valence-electron chi connectivity index (χ0n) is 50.0. The fourth-order valence-electron chi connectivity index (χ4n) is 9.69. The Kier molecular flexibility index (Phi) is 60.5. The zero-order valence-corrected chi connectivity index (χ0v) is 50.9. The molecule has 0 saturated carbocycles. The van der Waals surface area contributed by atoms with Crippen molar-refractivity contribution in [3.8, 4) is 0 Å². The summed E-state index contributed by atoms with van der Waals surface area (Å²) in [7, 11) is -4.39. The van der Waals surface area contributed by atoms with Gasteiger partial charge in [0.2, 0.25) is 0 Å². The van der Waals surface area contributed by atoms with Crippen molar-refractivity contribution in [2.75, 3.05) is 26.4 Å². The Morgan fingerprint density at radius 2 is 0.724 bits per heavy atom. The summed E-state index contributed by atoms with van der Waals surface area (Å²) >= 11 is 0. The first-order valence-electron chi connectivity index (χ1n) is 32.6. The van der Waals surface area contributed by atoms with Crippen molar-refractivity contribution in [1.82, 2.24) is 0 Å². The normalized spacial score (nSPS) is 13.3. The number of carbonyl (C=O) groups is 2. The number of esters is 2. The third kappa shape index (κ3) is 61.2. The quantitative estimate of drug-likeness (QED) is 0.0264. The van der Waals surface area contributed by atoms with Crippen LogP contribution in [-0.2, 0) is 32.7 Å². The van der Waals surface area contributed by atoms with Crippen LogP contribution in [0.15, 0.2) is 48.6 Å². The number of allylic oxidation sites excluding steroid dienone is 8. The molecule has 0 aliphatic rings. The first kappa shape index (κ1) is 74.0. The number of unbranched alkanes of at least 4 members (excludes halogenated alkanes) is 41. The summed E-state index contributed by atoms with van der Waals surface area (Å²) in [5, 5.41) is 0. The Bertz CT molecular complexity index is 1380. The summed E-state index contributed by atoms with van der Waals surface area (Å²) in [5.41, 5.74) is 5.38. The van der Waals surface area contributed by atoms with Gasteiger partial charge in [-0.25, -0.2) is 4.57 Å². The van der Waals surface area contributed by atoms with Gasteiger partial charge in [0.1, 0.15) is 6.61 Å². The van der Waals surface area contributed by atoms with E-state index in [4.69, 9.17) is 24.3 Å². The fourth-order valence-corrected chi connectivity index (χ4v) is 10.5. The van der Waals surface area contributed by atoms with E-state index in [1.807, 2.05) is 0 Å². The van der Waals surface area contributed by atoms with Crippen molar-refractivity contribution in [2.45, 2.75) is 335 Å². The SMILES string of the molecule is CC/C=C\C/C=C\C/C=C\C/C=C\CCCCCCC(=O)OC(COC(=O)CCCCCCCCCCCCCCCCCCCCCCCCCCCCCCCCCCCCCCCC)COP(=O)(O)OCCN. The maximum Gasteiger partial charge on any atom is 0.472 e. The molecule has 0 aliphatic heterocycles. The molecule has 0 aromatic heterocycles. The van der Waals surface area contributed by atoms with Crippen LogP contribution in [-0.4, -0.2) is 49.3 Å². The Hall–Kier alpha value is -2.03. The Labute approximate surface area is 470 Å². The van der Waals surface area contributed by atoms with Gasteiger partial charge >= 0.3 is 19.8 Å². The largest absolute Gasteiger partial charge is 0.472 e. The lowest BCUT2D eigenvalue weighted by molar-refractivity contribution is -0.161. The van der Waals surface area contributed by atoms with E-state index >= 15 is 0 Å². The summed E-state index contributed by atoms with van der Waals surface area (Å²) < 4.78 is 33.0. The van der Waals surface area contributed by atoms with Gasteiger partial charge in [-0.15, -0.1) is 0 Å². The third-order valence-corrected chi connectivity index (χ3v) is 15.5. The molecule has 0 aromatic rings. The molecule has 446 valence electrons. The van der Waals surface area contributed by atoms with Crippen LogP contribution in [0.5, 0.6) is 0 Å². The summed E-state index contributed by atoms with van der Waals surface area (Å²) in [4.78, 5) is 35.2. The molecule has 0 rings (SSSR count). The number of nitrogens with two attached hydrogens (primary N) is 1. The topological polar surface area (TPSA) is 134 Å². The molecule has 0 aliphatic carbocycles. The van der Waals surface area contributed by atoms with Crippen LogP contribution >= 0.6 is 7.82 Å². The highest BCUT2D eigenvalue weighted by atomic mass is 31.2. The Balaban J connectivity index is 3.76. The number of phosphoric acid groups is 1. The number of ether oxygens (including phenoxy) is 2. The lowest BCUT2D eigenvalue weighted by atomic mass is 10.0. The van der Waals surface area contributed by atoms with Crippen LogP contribution in [0.3, 0.4) is 0 Å². The predicted octanol–water partition coefficient (Wildman–Crippen LogP) is 20.9. The van der Waals surface area contributed by atoms with Crippen molar-refractivity contribution in [3.63, 3.8) is 0 Å². The average molecular weight is 1090 g/mol. The second kappa shape index (κ2) is 62.2. The molecule has 3 N–H and O–H groups in total. The van der Waals surface area contributed by atoms with Crippen LogP contribution in [0.2, 0.25) is 0 Å². The third-order valence-electron chi connectivity index (χ3n) is 14.5. The minimum atomic E-state index is -4.39. The zero-order chi connectivity index (χ0) is 55.2. The number of hydrogen-bond donors (Lipinski definition) is 2. The van der Waals surface area contributed by atoms with Crippen LogP contribution < -0.4 is 5.73 Å². The lowest BCUT2D eigenvalue weighted by Gasteiger charge is -2.19. The standard InChI is InChI=1S/C66H124NO8P/c1-3-5-7-9-11-13-15-17-19-21-22-23-24-25-26-27-28-29-30-31-32-33-34-35-36-37-38-39-40-41-43-44-46-48-50-52-54-56-58-65(68)72-62-64(63-74-76(70,71)73-61-60-67)75-66(69)59-57-55-53-51-49-47-45-42-20-18-16-14-12-10-8-6-4-2/h6,8,12,14,18,20,45,47,64H,3-5,7,9-11,13,15-17,19,21-44,46,48-63,67H2,1-2H3,(H,70,71)/b8-6-,14-12-,20-18-,47-45-. The molecule has 0 heterocycles. The molecule has 10 heteroatoms. The predicted molar refractivity (Wildman–Crippen MR) is 326 cm³/mol. The first-order valence-corrected chi connectivity index (χ1v) is 34.1. The van der Waals surface area contributed by atoms with Crippen LogP contribution in [0.25, 0.3) is 0 Å². The van der Waals surface area contributed by atoms with Gasteiger partial charge in [0.05, 0.1) is 13.2 Å². The Morgan fingerprint density at radius 1 is 0.408 bits per heavy atom. The molecule has 0 amide bonds. The molecule has 0 radical (unpaired) electrons. The number of hydrogen-bond acceptors (Lipinski definition) is 8. The lowest BCUT2D eigenvalue weighted by Crippen LogP contribution is -2.29. The second-order valence-electron chi connectivity index (χ2n) is 22.0. The van der Waals surface area contributed by atoms with Gasteiger partial charge in [0.15, 0.2) is 6.10 Å². The maximum absolute atomic E-state index is 12.7. The van der Waals surface area contributed by atoms with E-state index in [9.17, 15) is 19.0 Å². The molecule has 2 unspecified atom stereocenters. The van der Waals surface area contributed by atoms with Gasteiger partial charge in [-0.2, -0.15) is 0 Å². The molecule has 76 heavy (non-hydrogen) atoms. The van der Waals surface area contributed by atoms with Crippen LogP contribution in [0.1, 0.15) is 328 Å². The smallest absolute Gasteiger partial charge is 0.462 e. The van der Waals surface area contributed by atoms with Gasteiger partial charge in [0.25, 0.3) is 0 Å². The first-order chi connectivity index (χ1) is 37.3. The van der Waals surface area contributed by atoms with Gasteiger partial charge in [0, 0.05) is 19.4 Å². The number of phosphoric ester groups is 1. The van der Waals surface area contributed by atoms with E-state index in [0.717, 1.165) is 70.6 Å². The molecular weight excluding hydrogens is 966 g/mol. The van der Waals surface area contributed by atoms with Crippen molar-refractivity contribution in [2.24, 2.45) is 5.73 Å². The van der Waals surface area contributed by atoms with E-state index in [2.05, 4.69) is 62.5 Å². The molecule has 0 bridgehead atoms. The fraction of sp³-hybridized carbons (Fsp3) is 0.848. The van der Waals surface area contributed by atoms with E-state index in [-0.39, 0.29) is 38.6 Å². The summed E-state index contributed by atoms with van der Waals surface area (Å²) in [6, 6.07) is 0. The molecule has 0 saturated heterocycles. The molecular formula is C66H124NO8P. The van der Waals surface area contributed by atoms with Gasteiger partial charge < -0.3 is 20.1 Å². The average Bonchev–Trinajstić information content (AvgIpc) is 3.41. The summed E-state index contributed by atoms with van der Waals surface area (Å²) in [6.45, 7) is 3.64. The molecule has 0 spiro atoms. The Morgan fingerprint density at radius 3 is 1.08 bits per heavy atom. The minimum absolute atomic E-state index is 0.0488. The van der Waals surface area contributed by atoms with Crippen molar-refractivity contribution >= 4 is 19.8 Å². The van der Waals surface area contributed by atoms with Crippen molar-refractivity contribution in [1.29, 1.82) is 0 Å². The van der Waals surface area contributed by atoms with Crippen LogP contribution in [0, 0.1) is 0 Å². The van der Waals surface area contributed by atoms with E-state index in [1.165, 1.54) is 225 Å². The summed E-state index contributed by atoms with van der Waals surface area (Å²) in [5.74, 6) is -0.844. The van der Waals surface area contributed by atoms with Gasteiger partial charge in [-0.05, 0) is 51.4 Å². The number of carbonyl (C=O) groups excluding carboxylic acids is 2. The highest BCUT2D eigenvalue weighted by molar-refractivity contribution is 7.47. The van der Waals surface area contributed by atoms with E-state index in [1.54, 1.807) is 0 Å². The van der Waals surface area contributed by atoms with E-state index < -0.39 is 26.5 Å². The highest BCUT2D eigenvalue weighted by Gasteiger charge is 2.26. The minimum Gasteiger partial charge on any atom is -0.462 e.